The largest absolute Gasteiger partial charge is 0.478 e. The summed E-state index contributed by atoms with van der Waals surface area (Å²) in [4.78, 5) is 16.9. The maximum atomic E-state index is 10.9. The lowest BCUT2D eigenvalue weighted by atomic mass is 10.1. The van der Waals surface area contributed by atoms with Crippen LogP contribution in [-0.2, 0) is 0 Å². The summed E-state index contributed by atoms with van der Waals surface area (Å²) >= 11 is 0. The first-order valence-electron chi connectivity index (χ1n) is 5.96. The molecule has 0 unspecified atom stereocenters. The molecule has 0 radical (unpaired) electrons. The molecule has 1 heterocycles. The Morgan fingerprint density at radius 2 is 2.00 bits per heavy atom. The van der Waals surface area contributed by atoms with Gasteiger partial charge in [0.05, 0.1) is 17.2 Å². The van der Waals surface area contributed by atoms with Gasteiger partial charge in [0.15, 0.2) is 0 Å². The lowest BCUT2D eigenvalue weighted by Gasteiger charge is -2.20. The fourth-order valence-corrected chi connectivity index (χ4v) is 1.92. The highest BCUT2D eigenvalue weighted by Gasteiger charge is 2.11. The zero-order chi connectivity index (χ0) is 14.7. The number of aromatic nitrogens is 1. The normalized spacial score (nSPS) is 9.85. The number of anilines is 2. The van der Waals surface area contributed by atoms with Gasteiger partial charge < -0.3 is 10.0 Å². The number of hydrogen-bond donors (Lipinski definition) is 1. The minimum Gasteiger partial charge on any atom is -0.478 e. The molecule has 0 amide bonds. The zero-order valence-corrected chi connectivity index (χ0v) is 11.2. The standard InChI is InChI=1S/C15H13N3O2/c1-10-7-12(15(19)20)9-17-14(10)18(2)13-5-3-11(8-16)4-6-13/h3-7,9H,1-2H3,(H,19,20). The number of aryl methyl sites for hydroxylation is 1. The molecule has 0 saturated carbocycles. The van der Waals surface area contributed by atoms with Crippen molar-refractivity contribution in [1.29, 1.82) is 5.26 Å². The van der Waals surface area contributed by atoms with Crippen LogP contribution in [0.5, 0.6) is 0 Å². The van der Waals surface area contributed by atoms with Gasteiger partial charge in [-0.05, 0) is 42.8 Å². The highest BCUT2D eigenvalue weighted by atomic mass is 16.4. The molecule has 0 spiro atoms. The van der Waals surface area contributed by atoms with Crippen LogP contribution in [0.25, 0.3) is 0 Å². The molecule has 0 bridgehead atoms. The second-order valence-corrected chi connectivity index (χ2v) is 4.39. The van der Waals surface area contributed by atoms with Gasteiger partial charge in [0.2, 0.25) is 0 Å². The Morgan fingerprint density at radius 3 is 2.50 bits per heavy atom. The summed E-state index contributed by atoms with van der Waals surface area (Å²) in [7, 11) is 1.84. The smallest absolute Gasteiger partial charge is 0.337 e. The van der Waals surface area contributed by atoms with Crippen LogP contribution >= 0.6 is 0 Å². The van der Waals surface area contributed by atoms with Crippen LogP contribution in [0.2, 0.25) is 0 Å². The number of carboxylic acid groups (broad SMARTS) is 1. The molecule has 0 aliphatic rings. The van der Waals surface area contributed by atoms with Gasteiger partial charge in [0.1, 0.15) is 5.82 Å². The number of carbonyl (C=O) groups is 1. The van der Waals surface area contributed by atoms with Gasteiger partial charge >= 0.3 is 5.97 Å². The van der Waals surface area contributed by atoms with E-state index in [4.69, 9.17) is 10.4 Å². The van der Waals surface area contributed by atoms with Crippen molar-refractivity contribution >= 4 is 17.5 Å². The van der Waals surface area contributed by atoms with Gasteiger partial charge in [0.25, 0.3) is 0 Å². The van der Waals surface area contributed by atoms with Gasteiger partial charge in [0, 0.05) is 18.9 Å². The second-order valence-electron chi connectivity index (χ2n) is 4.39. The second kappa shape index (κ2) is 5.41. The first-order valence-corrected chi connectivity index (χ1v) is 5.96. The number of carboxylic acids is 1. The van der Waals surface area contributed by atoms with Crippen molar-refractivity contribution in [3.63, 3.8) is 0 Å². The summed E-state index contributed by atoms with van der Waals surface area (Å²) in [6, 6.07) is 10.8. The molecular formula is C15H13N3O2. The molecule has 0 aliphatic carbocycles. The number of aromatic carboxylic acids is 1. The SMILES string of the molecule is Cc1cc(C(=O)O)cnc1N(C)c1ccc(C#N)cc1. The number of pyridine rings is 1. The molecule has 5 heteroatoms. The van der Waals surface area contributed by atoms with Gasteiger partial charge in [-0.1, -0.05) is 0 Å². The van der Waals surface area contributed by atoms with E-state index in [9.17, 15) is 4.79 Å². The van der Waals surface area contributed by atoms with E-state index in [2.05, 4.69) is 11.1 Å². The monoisotopic (exact) mass is 267 g/mol. The van der Waals surface area contributed by atoms with Crippen LogP contribution in [0.15, 0.2) is 36.5 Å². The summed E-state index contributed by atoms with van der Waals surface area (Å²) in [6.45, 7) is 1.81. The van der Waals surface area contributed by atoms with Gasteiger partial charge in [-0.3, -0.25) is 0 Å². The Balaban J connectivity index is 2.35. The Labute approximate surface area is 116 Å². The van der Waals surface area contributed by atoms with Crippen molar-refractivity contribution in [3.05, 3.63) is 53.2 Å². The highest BCUT2D eigenvalue weighted by molar-refractivity contribution is 5.88. The minimum atomic E-state index is -0.992. The van der Waals surface area contributed by atoms with Crippen LogP contribution in [0.3, 0.4) is 0 Å². The molecule has 2 rings (SSSR count). The first kappa shape index (κ1) is 13.6. The van der Waals surface area contributed by atoms with E-state index in [1.54, 1.807) is 18.2 Å². The van der Waals surface area contributed by atoms with Crippen molar-refractivity contribution in [1.82, 2.24) is 4.98 Å². The van der Waals surface area contributed by atoms with Crippen LogP contribution < -0.4 is 4.90 Å². The highest BCUT2D eigenvalue weighted by Crippen LogP contribution is 2.25. The summed E-state index contributed by atoms with van der Waals surface area (Å²) < 4.78 is 0. The zero-order valence-electron chi connectivity index (χ0n) is 11.2. The minimum absolute atomic E-state index is 0.166. The molecule has 2 aromatic rings. The van der Waals surface area contributed by atoms with Crippen LogP contribution in [0.4, 0.5) is 11.5 Å². The predicted molar refractivity (Wildman–Crippen MR) is 75.2 cm³/mol. The molecule has 1 N–H and O–H groups in total. The van der Waals surface area contributed by atoms with Crippen molar-refractivity contribution in [2.45, 2.75) is 6.92 Å². The summed E-state index contributed by atoms with van der Waals surface area (Å²) in [5, 5.41) is 17.7. The fourth-order valence-electron chi connectivity index (χ4n) is 1.92. The summed E-state index contributed by atoms with van der Waals surface area (Å²) in [5.74, 6) is -0.312. The molecule has 5 nitrogen and oxygen atoms in total. The third-order valence-electron chi connectivity index (χ3n) is 3.00. The van der Waals surface area contributed by atoms with E-state index in [-0.39, 0.29) is 5.56 Å². The van der Waals surface area contributed by atoms with Crippen molar-refractivity contribution in [2.24, 2.45) is 0 Å². The lowest BCUT2D eigenvalue weighted by Crippen LogP contribution is -2.13. The molecule has 0 atom stereocenters. The van der Waals surface area contributed by atoms with Crippen LogP contribution in [0.1, 0.15) is 21.5 Å². The molecule has 0 aliphatic heterocycles. The van der Waals surface area contributed by atoms with Crippen molar-refractivity contribution < 1.29 is 9.90 Å². The van der Waals surface area contributed by atoms with E-state index < -0.39 is 5.97 Å². The summed E-state index contributed by atoms with van der Waals surface area (Å²) in [6.07, 6.45) is 1.34. The predicted octanol–water partition coefficient (Wildman–Crippen LogP) is 2.73. The van der Waals surface area contributed by atoms with Crippen molar-refractivity contribution in [2.75, 3.05) is 11.9 Å². The molecule has 0 saturated heterocycles. The van der Waals surface area contributed by atoms with E-state index in [1.807, 2.05) is 31.0 Å². The number of benzene rings is 1. The summed E-state index contributed by atoms with van der Waals surface area (Å²) in [5.41, 5.74) is 2.41. The molecule has 1 aromatic carbocycles. The number of rotatable bonds is 3. The maximum absolute atomic E-state index is 10.9. The topological polar surface area (TPSA) is 77.2 Å². The first-order chi connectivity index (χ1) is 9.52. The molecule has 20 heavy (non-hydrogen) atoms. The number of nitrogens with zero attached hydrogens (tertiary/aromatic N) is 3. The van der Waals surface area contributed by atoms with Crippen LogP contribution in [0, 0.1) is 18.3 Å². The maximum Gasteiger partial charge on any atom is 0.337 e. The van der Waals surface area contributed by atoms with Gasteiger partial charge in [-0.2, -0.15) is 5.26 Å². The Kier molecular flexibility index (Phi) is 3.67. The van der Waals surface area contributed by atoms with Crippen LogP contribution in [-0.4, -0.2) is 23.1 Å². The third-order valence-corrected chi connectivity index (χ3v) is 3.00. The molecule has 0 fully saturated rings. The van der Waals surface area contributed by atoms with E-state index in [0.717, 1.165) is 11.3 Å². The Bertz CT molecular complexity index is 687. The molecule has 1 aromatic heterocycles. The Morgan fingerprint density at radius 1 is 1.35 bits per heavy atom. The fraction of sp³-hybridized carbons (Fsp3) is 0.133. The third kappa shape index (κ3) is 2.59. The lowest BCUT2D eigenvalue weighted by molar-refractivity contribution is 0.0696. The molecular weight excluding hydrogens is 254 g/mol. The molecule has 100 valence electrons. The van der Waals surface area contributed by atoms with Gasteiger partial charge in [-0.25, -0.2) is 9.78 Å². The quantitative estimate of drug-likeness (QED) is 0.925. The number of nitriles is 1. The van der Waals surface area contributed by atoms with Crippen molar-refractivity contribution in [3.8, 4) is 6.07 Å². The van der Waals surface area contributed by atoms with Gasteiger partial charge in [-0.15, -0.1) is 0 Å². The Hall–Kier alpha value is -2.87. The average Bonchev–Trinajstić information content (AvgIpc) is 2.46. The average molecular weight is 267 g/mol. The number of hydrogen-bond acceptors (Lipinski definition) is 4. The van der Waals surface area contributed by atoms with E-state index >= 15 is 0 Å². The van der Waals surface area contributed by atoms with E-state index in [0.29, 0.717) is 11.4 Å². The van der Waals surface area contributed by atoms with E-state index in [1.165, 1.54) is 6.20 Å².